The average Bonchev–Trinajstić information content (AvgIpc) is 3.57. The SMILES string of the molecule is COc1cccc([C@H](C(=O)NC2CCCC2)N(C(=O)c2ccco2)c2ccc(F)cc2)c1OC. The van der Waals surface area contributed by atoms with Crippen LogP contribution in [0.5, 0.6) is 11.5 Å². The van der Waals surface area contributed by atoms with Gasteiger partial charge in [-0.3, -0.25) is 14.5 Å². The molecule has 2 aromatic carbocycles. The van der Waals surface area contributed by atoms with Crippen LogP contribution < -0.4 is 19.7 Å². The summed E-state index contributed by atoms with van der Waals surface area (Å²) < 4.78 is 30.2. The molecular weight excluding hydrogens is 439 g/mol. The first-order valence-electron chi connectivity index (χ1n) is 11.2. The molecule has 0 bridgehead atoms. The molecule has 1 heterocycles. The van der Waals surface area contributed by atoms with Crippen molar-refractivity contribution in [2.24, 2.45) is 0 Å². The predicted octanol–water partition coefficient (Wildman–Crippen LogP) is 4.88. The summed E-state index contributed by atoms with van der Waals surface area (Å²) in [6.07, 6.45) is 5.19. The maximum absolute atomic E-state index is 13.8. The summed E-state index contributed by atoms with van der Waals surface area (Å²) in [7, 11) is 2.98. The predicted molar refractivity (Wildman–Crippen MR) is 125 cm³/mol. The third kappa shape index (κ3) is 4.76. The van der Waals surface area contributed by atoms with E-state index >= 15 is 0 Å². The third-order valence-electron chi connectivity index (χ3n) is 5.99. The second-order valence-electron chi connectivity index (χ2n) is 8.10. The number of rotatable bonds is 8. The number of amides is 2. The summed E-state index contributed by atoms with van der Waals surface area (Å²) >= 11 is 0. The fourth-order valence-corrected chi connectivity index (χ4v) is 4.38. The van der Waals surface area contributed by atoms with Crippen molar-refractivity contribution >= 4 is 17.5 Å². The summed E-state index contributed by atoms with van der Waals surface area (Å²) in [5.74, 6) is -0.584. The molecule has 2 amide bonds. The maximum atomic E-state index is 13.8. The first kappa shape index (κ1) is 23.4. The van der Waals surface area contributed by atoms with Gasteiger partial charge in [-0.1, -0.05) is 25.0 Å². The summed E-state index contributed by atoms with van der Waals surface area (Å²) in [5.41, 5.74) is 0.765. The molecule has 1 aliphatic rings. The van der Waals surface area contributed by atoms with E-state index < -0.39 is 17.8 Å². The molecule has 0 spiro atoms. The molecule has 0 radical (unpaired) electrons. The normalized spacial score (nSPS) is 14.4. The number of hydrogen-bond donors (Lipinski definition) is 1. The van der Waals surface area contributed by atoms with Gasteiger partial charge >= 0.3 is 0 Å². The number of nitrogens with zero attached hydrogens (tertiary/aromatic N) is 1. The zero-order valence-electron chi connectivity index (χ0n) is 19.1. The van der Waals surface area contributed by atoms with Gasteiger partial charge in [0.05, 0.1) is 20.5 Å². The largest absolute Gasteiger partial charge is 0.493 e. The summed E-state index contributed by atoms with van der Waals surface area (Å²) in [4.78, 5) is 28.8. The Morgan fingerprint density at radius 2 is 1.76 bits per heavy atom. The van der Waals surface area contributed by atoms with Crippen molar-refractivity contribution in [2.45, 2.75) is 37.8 Å². The lowest BCUT2D eigenvalue weighted by atomic mass is 10.00. The lowest BCUT2D eigenvalue weighted by molar-refractivity contribution is -0.123. The molecule has 1 atom stereocenters. The highest BCUT2D eigenvalue weighted by Crippen LogP contribution is 2.40. The van der Waals surface area contributed by atoms with Gasteiger partial charge in [0.15, 0.2) is 17.3 Å². The molecule has 1 saturated carbocycles. The van der Waals surface area contributed by atoms with E-state index in [1.54, 1.807) is 24.3 Å². The molecule has 0 aliphatic heterocycles. The second-order valence-corrected chi connectivity index (χ2v) is 8.10. The topological polar surface area (TPSA) is 81.0 Å². The Kier molecular flexibility index (Phi) is 7.15. The summed E-state index contributed by atoms with van der Waals surface area (Å²) in [6, 6.07) is 12.6. The van der Waals surface area contributed by atoms with E-state index in [1.165, 1.54) is 55.7 Å². The molecule has 1 fully saturated rings. The molecule has 0 saturated heterocycles. The van der Waals surface area contributed by atoms with Crippen molar-refractivity contribution in [1.82, 2.24) is 5.32 Å². The number of carbonyl (C=O) groups excluding carboxylic acids is 2. The molecule has 3 aromatic rings. The van der Waals surface area contributed by atoms with Crippen LogP contribution in [0.3, 0.4) is 0 Å². The maximum Gasteiger partial charge on any atom is 0.294 e. The molecule has 8 heteroatoms. The summed E-state index contributed by atoms with van der Waals surface area (Å²) in [5, 5.41) is 3.09. The van der Waals surface area contributed by atoms with Crippen molar-refractivity contribution in [3.8, 4) is 11.5 Å². The van der Waals surface area contributed by atoms with Gasteiger partial charge in [-0.15, -0.1) is 0 Å². The van der Waals surface area contributed by atoms with E-state index in [4.69, 9.17) is 13.9 Å². The Labute approximate surface area is 197 Å². The smallest absolute Gasteiger partial charge is 0.294 e. The van der Waals surface area contributed by atoms with Crippen molar-refractivity contribution in [3.05, 3.63) is 78.0 Å². The van der Waals surface area contributed by atoms with E-state index in [0.29, 0.717) is 22.7 Å². The molecular formula is C26H27FN2O5. The van der Waals surface area contributed by atoms with Gasteiger partial charge in [-0.2, -0.15) is 0 Å². The Morgan fingerprint density at radius 1 is 1.03 bits per heavy atom. The van der Waals surface area contributed by atoms with Crippen LogP contribution in [-0.2, 0) is 4.79 Å². The number of benzene rings is 2. The average molecular weight is 467 g/mol. The second kappa shape index (κ2) is 10.4. The Bertz CT molecular complexity index is 1120. The van der Waals surface area contributed by atoms with Crippen LogP contribution >= 0.6 is 0 Å². The molecule has 1 aliphatic carbocycles. The van der Waals surface area contributed by atoms with Crippen molar-refractivity contribution < 1.29 is 27.9 Å². The Morgan fingerprint density at radius 3 is 2.38 bits per heavy atom. The lowest BCUT2D eigenvalue weighted by Gasteiger charge is -2.32. The number of carbonyl (C=O) groups is 2. The standard InChI is InChI=1S/C26H27FN2O5/c1-32-21-10-5-9-20(24(21)33-2)23(25(30)28-18-7-3-4-8-18)29(19-14-12-17(27)13-15-19)26(31)22-11-6-16-34-22/h5-6,9-16,18,23H,3-4,7-8H2,1-2H3,(H,28,30)/t23-/m1/s1. The van der Waals surface area contributed by atoms with Crippen molar-refractivity contribution in [2.75, 3.05) is 19.1 Å². The molecule has 1 aromatic heterocycles. The van der Waals surface area contributed by atoms with Crippen molar-refractivity contribution in [3.63, 3.8) is 0 Å². The van der Waals surface area contributed by atoms with Crippen LogP contribution in [0.4, 0.5) is 10.1 Å². The Hall–Kier alpha value is -3.81. The van der Waals surface area contributed by atoms with Crippen LogP contribution in [0.2, 0.25) is 0 Å². The van der Waals surface area contributed by atoms with Crippen LogP contribution in [0, 0.1) is 5.82 Å². The van der Waals surface area contributed by atoms with Crippen molar-refractivity contribution in [1.29, 1.82) is 0 Å². The highest BCUT2D eigenvalue weighted by atomic mass is 19.1. The van der Waals surface area contributed by atoms with E-state index in [0.717, 1.165) is 25.7 Å². The van der Waals surface area contributed by atoms with Gasteiger partial charge < -0.3 is 19.2 Å². The molecule has 0 unspecified atom stereocenters. The minimum absolute atomic E-state index is 0.0142. The van der Waals surface area contributed by atoms with Crippen LogP contribution in [0.1, 0.15) is 47.8 Å². The number of furan rings is 1. The molecule has 34 heavy (non-hydrogen) atoms. The zero-order chi connectivity index (χ0) is 24.1. The number of anilines is 1. The quantitative estimate of drug-likeness (QED) is 0.512. The van der Waals surface area contributed by atoms with Crippen LogP contribution in [-0.4, -0.2) is 32.1 Å². The number of para-hydroxylation sites is 1. The van der Waals surface area contributed by atoms with Gasteiger partial charge in [-0.05, 0) is 55.3 Å². The number of nitrogens with one attached hydrogen (secondary N) is 1. The highest BCUT2D eigenvalue weighted by molar-refractivity contribution is 6.09. The lowest BCUT2D eigenvalue weighted by Crippen LogP contribution is -2.46. The van der Waals surface area contributed by atoms with Gasteiger partial charge in [0.25, 0.3) is 5.91 Å². The van der Waals surface area contributed by atoms with E-state index in [-0.39, 0.29) is 17.7 Å². The van der Waals surface area contributed by atoms with E-state index in [9.17, 15) is 14.0 Å². The minimum atomic E-state index is -1.13. The minimum Gasteiger partial charge on any atom is -0.493 e. The first-order chi connectivity index (χ1) is 16.5. The van der Waals surface area contributed by atoms with E-state index in [2.05, 4.69) is 5.32 Å². The van der Waals surface area contributed by atoms with E-state index in [1.807, 2.05) is 0 Å². The fourth-order valence-electron chi connectivity index (χ4n) is 4.38. The number of ether oxygens (including phenoxy) is 2. The van der Waals surface area contributed by atoms with Gasteiger partial charge in [-0.25, -0.2) is 4.39 Å². The monoisotopic (exact) mass is 466 g/mol. The molecule has 4 rings (SSSR count). The van der Waals surface area contributed by atoms with Gasteiger partial charge in [0.2, 0.25) is 5.91 Å². The van der Waals surface area contributed by atoms with Crippen LogP contribution in [0.15, 0.2) is 65.3 Å². The fraction of sp³-hybridized carbons (Fsp3) is 0.308. The third-order valence-corrected chi connectivity index (χ3v) is 5.99. The van der Waals surface area contributed by atoms with Gasteiger partial charge in [0.1, 0.15) is 11.9 Å². The molecule has 7 nitrogen and oxygen atoms in total. The number of hydrogen-bond acceptors (Lipinski definition) is 5. The number of methoxy groups -OCH3 is 2. The zero-order valence-corrected chi connectivity index (χ0v) is 19.1. The molecule has 1 N–H and O–H groups in total. The summed E-state index contributed by atoms with van der Waals surface area (Å²) in [6.45, 7) is 0. The Balaban J connectivity index is 1.88. The number of halogens is 1. The highest BCUT2D eigenvalue weighted by Gasteiger charge is 2.38. The molecule has 178 valence electrons. The van der Waals surface area contributed by atoms with Gasteiger partial charge in [0, 0.05) is 17.3 Å². The first-order valence-corrected chi connectivity index (χ1v) is 11.2. The van der Waals surface area contributed by atoms with Crippen LogP contribution in [0.25, 0.3) is 0 Å².